The van der Waals surface area contributed by atoms with Crippen molar-refractivity contribution in [1.29, 1.82) is 0 Å². The van der Waals surface area contributed by atoms with Crippen LogP contribution in [0.25, 0.3) is 28.1 Å². The van der Waals surface area contributed by atoms with Crippen molar-refractivity contribution in [3.05, 3.63) is 54.0 Å². The molecule has 5 rings (SSSR count). The van der Waals surface area contributed by atoms with E-state index in [0.717, 1.165) is 0 Å². The third-order valence-corrected chi connectivity index (χ3v) is 6.26. The van der Waals surface area contributed by atoms with Gasteiger partial charge in [-0.1, -0.05) is 12.1 Å². The quantitative estimate of drug-likeness (QED) is 0.391. The number of aromatic nitrogens is 4. The first-order valence-corrected chi connectivity index (χ1v) is 11.6. The zero-order valence-electron chi connectivity index (χ0n) is 20.1. The van der Waals surface area contributed by atoms with Crippen LogP contribution in [0.3, 0.4) is 0 Å². The lowest BCUT2D eigenvalue weighted by Crippen LogP contribution is -2.43. The molecular weight excluding hydrogens is 476 g/mol. The van der Waals surface area contributed by atoms with Crippen molar-refractivity contribution in [2.45, 2.75) is 51.1 Å². The Balaban J connectivity index is 1.61. The molecule has 1 aliphatic rings. The number of nitrogens with zero attached hydrogens (tertiary/aromatic N) is 5. The van der Waals surface area contributed by atoms with Crippen LogP contribution in [0.1, 0.15) is 38.8 Å². The van der Waals surface area contributed by atoms with Gasteiger partial charge in [-0.25, -0.2) is 9.37 Å². The summed E-state index contributed by atoms with van der Waals surface area (Å²) in [5.41, 5.74) is 6.66. The van der Waals surface area contributed by atoms with Crippen LogP contribution < -0.4 is 10.5 Å². The Morgan fingerprint density at radius 3 is 2.56 bits per heavy atom. The Kier molecular flexibility index (Phi) is 5.87. The third-order valence-electron chi connectivity index (χ3n) is 6.26. The molecule has 36 heavy (non-hydrogen) atoms. The van der Waals surface area contributed by atoms with Crippen molar-refractivity contribution >= 4 is 16.6 Å². The number of rotatable bonds is 5. The van der Waals surface area contributed by atoms with Gasteiger partial charge in [-0.15, -0.1) is 10.2 Å². The Morgan fingerprint density at radius 1 is 1.11 bits per heavy atom. The molecule has 0 amide bonds. The first-order chi connectivity index (χ1) is 16.9. The number of fused-ring (bicyclic) bond motifs is 2. The van der Waals surface area contributed by atoms with E-state index >= 15 is 0 Å². The van der Waals surface area contributed by atoms with Gasteiger partial charge in [-0.2, -0.15) is 13.2 Å². The van der Waals surface area contributed by atoms with Gasteiger partial charge >= 0.3 is 6.18 Å². The zero-order valence-corrected chi connectivity index (χ0v) is 20.1. The fraction of sp³-hybridized carbons (Fsp3) is 0.400. The maximum Gasteiger partial charge on any atom is 0.408 e. The minimum absolute atomic E-state index is 0.0560. The van der Waals surface area contributed by atoms with Gasteiger partial charge < -0.3 is 10.5 Å². The number of likely N-dealkylation sites (tertiary alicyclic amines) is 1. The maximum absolute atomic E-state index is 14.2. The summed E-state index contributed by atoms with van der Waals surface area (Å²) in [6, 6.07) is 7.01. The molecule has 190 valence electrons. The number of halogens is 4. The second-order valence-corrected chi connectivity index (χ2v) is 9.87. The van der Waals surface area contributed by atoms with Crippen LogP contribution in [0.4, 0.5) is 17.6 Å². The van der Waals surface area contributed by atoms with E-state index in [2.05, 4.69) is 15.2 Å². The fourth-order valence-electron chi connectivity index (χ4n) is 4.73. The number of benzene rings is 1. The Bertz CT molecular complexity index is 1430. The summed E-state index contributed by atoms with van der Waals surface area (Å²) in [7, 11) is 0. The number of hydrogen-bond donors (Lipinski definition) is 1. The van der Waals surface area contributed by atoms with E-state index < -0.39 is 23.6 Å². The monoisotopic (exact) mass is 502 g/mol. The summed E-state index contributed by atoms with van der Waals surface area (Å²) >= 11 is 0. The minimum Gasteiger partial charge on any atom is -0.489 e. The molecule has 1 aromatic carbocycles. The first-order valence-electron chi connectivity index (χ1n) is 11.6. The van der Waals surface area contributed by atoms with Crippen molar-refractivity contribution in [3.63, 3.8) is 0 Å². The molecule has 2 N–H and O–H groups in total. The molecule has 0 radical (unpaired) electrons. The Labute approximate surface area is 204 Å². The summed E-state index contributed by atoms with van der Waals surface area (Å²) in [5.74, 6) is 0.0749. The maximum atomic E-state index is 14.2. The molecule has 0 aliphatic carbocycles. The van der Waals surface area contributed by atoms with Crippen molar-refractivity contribution in [2.75, 3.05) is 13.1 Å². The van der Waals surface area contributed by atoms with Crippen LogP contribution in [0.5, 0.6) is 5.75 Å². The molecule has 1 unspecified atom stereocenters. The van der Waals surface area contributed by atoms with E-state index in [1.807, 2.05) is 13.8 Å². The molecule has 0 saturated carbocycles. The highest BCUT2D eigenvalue weighted by molar-refractivity contribution is 5.86. The largest absolute Gasteiger partial charge is 0.489 e. The summed E-state index contributed by atoms with van der Waals surface area (Å²) in [4.78, 5) is 5.98. The van der Waals surface area contributed by atoms with Gasteiger partial charge in [0.1, 0.15) is 28.8 Å². The van der Waals surface area contributed by atoms with E-state index in [0.29, 0.717) is 28.7 Å². The van der Waals surface area contributed by atoms with Crippen LogP contribution in [0.2, 0.25) is 0 Å². The smallest absolute Gasteiger partial charge is 0.408 e. The van der Waals surface area contributed by atoms with Gasteiger partial charge in [-0.3, -0.25) is 9.30 Å². The molecule has 4 heterocycles. The van der Waals surface area contributed by atoms with Crippen molar-refractivity contribution < 1.29 is 22.3 Å². The number of nitrogens with two attached hydrogens (primary N) is 1. The predicted molar refractivity (Wildman–Crippen MR) is 127 cm³/mol. The summed E-state index contributed by atoms with van der Waals surface area (Å²) < 4.78 is 64.0. The number of alkyl halides is 3. The molecule has 7 nitrogen and oxygen atoms in total. The van der Waals surface area contributed by atoms with Gasteiger partial charge in [-0.05, 0) is 51.0 Å². The van der Waals surface area contributed by atoms with Crippen molar-refractivity contribution in [1.82, 2.24) is 24.5 Å². The molecule has 11 heteroatoms. The van der Waals surface area contributed by atoms with Gasteiger partial charge in [0.05, 0.1) is 6.10 Å². The van der Waals surface area contributed by atoms with Crippen molar-refractivity contribution in [3.8, 4) is 17.3 Å². The van der Waals surface area contributed by atoms with Gasteiger partial charge in [0.2, 0.25) is 0 Å². The Hall–Kier alpha value is -3.31. The summed E-state index contributed by atoms with van der Waals surface area (Å²) in [5, 5.41) is 8.82. The van der Waals surface area contributed by atoms with Gasteiger partial charge in [0.25, 0.3) is 0 Å². The topological polar surface area (TPSA) is 81.6 Å². The fourth-order valence-corrected chi connectivity index (χ4v) is 4.73. The third kappa shape index (κ3) is 4.60. The second-order valence-electron chi connectivity index (χ2n) is 9.87. The average molecular weight is 503 g/mol. The van der Waals surface area contributed by atoms with Crippen LogP contribution >= 0.6 is 0 Å². The molecule has 2 atom stereocenters. The highest BCUT2D eigenvalue weighted by Gasteiger charge is 2.48. The van der Waals surface area contributed by atoms with Crippen LogP contribution in [0, 0.1) is 5.82 Å². The molecular formula is C25H26F4N6O. The normalized spacial score (nSPS) is 20.0. The van der Waals surface area contributed by atoms with Gasteiger partial charge in [0.15, 0.2) is 11.5 Å². The lowest BCUT2D eigenvalue weighted by Gasteiger charge is -2.31. The number of ether oxygens (including phenoxy) is 1. The van der Waals surface area contributed by atoms with E-state index in [4.69, 9.17) is 10.5 Å². The SMILES string of the molecule is CC(C)Oc1cc(F)cc2ccc(-c3nnc4ccc([C@H](N5CCC(C)(N)C5)C(F)(F)F)cn34)nc12. The average Bonchev–Trinajstić information content (AvgIpc) is 3.34. The predicted octanol–water partition coefficient (Wildman–Crippen LogP) is 4.90. The summed E-state index contributed by atoms with van der Waals surface area (Å²) in [6.45, 7) is 5.77. The molecule has 0 bridgehead atoms. The van der Waals surface area contributed by atoms with Crippen molar-refractivity contribution in [2.24, 2.45) is 5.73 Å². The lowest BCUT2D eigenvalue weighted by molar-refractivity contribution is -0.184. The van der Waals surface area contributed by atoms with E-state index in [-0.39, 0.29) is 36.3 Å². The molecule has 1 fully saturated rings. The number of pyridine rings is 2. The van der Waals surface area contributed by atoms with E-state index in [1.54, 1.807) is 19.1 Å². The molecule has 3 aromatic heterocycles. The highest BCUT2D eigenvalue weighted by atomic mass is 19.4. The lowest BCUT2D eigenvalue weighted by atomic mass is 10.0. The minimum atomic E-state index is -4.50. The van der Waals surface area contributed by atoms with Gasteiger partial charge in [0, 0.05) is 36.3 Å². The number of hydrogen-bond acceptors (Lipinski definition) is 6. The summed E-state index contributed by atoms with van der Waals surface area (Å²) in [6.07, 6.45) is -2.84. The first kappa shape index (κ1) is 24.4. The zero-order chi connectivity index (χ0) is 25.8. The van der Waals surface area contributed by atoms with E-state index in [1.165, 1.54) is 39.8 Å². The van der Waals surface area contributed by atoms with E-state index in [9.17, 15) is 17.6 Å². The molecule has 1 aliphatic heterocycles. The molecule has 4 aromatic rings. The molecule has 1 saturated heterocycles. The Morgan fingerprint density at radius 2 is 1.89 bits per heavy atom. The molecule has 0 spiro atoms. The second kappa shape index (κ2) is 8.67. The van der Waals surface area contributed by atoms with Crippen LogP contribution in [-0.4, -0.2) is 55.4 Å². The van der Waals surface area contributed by atoms with Crippen LogP contribution in [-0.2, 0) is 0 Å². The highest BCUT2D eigenvalue weighted by Crippen LogP contribution is 2.41. The van der Waals surface area contributed by atoms with Crippen LogP contribution in [0.15, 0.2) is 42.6 Å². The standard InChI is InChI=1S/C25H26F4N6O/c1-14(2)36-19-11-17(26)10-15-4-6-18(31-21(15)19)23-33-32-20-7-5-16(12-35(20)23)22(25(27,28)29)34-9-8-24(3,30)13-34/h4-7,10-12,14,22H,8-9,13,30H2,1-3H3/t22-,24?/m0/s1.